The highest BCUT2D eigenvalue weighted by Gasteiger charge is 2.31. The number of pyridine rings is 1. The smallest absolute Gasteiger partial charge is 0.325 e. The molecule has 128 valence electrons. The van der Waals surface area contributed by atoms with Crippen molar-refractivity contribution in [1.82, 2.24) is 4.98 Å². The molecule has 0 unspecified atom stereocenters. The average Bonchev–Trinajstić information content (AvgIpc) is 2.53. The second kappa shape index (κ2) is 7.90. The van der Waals surface area contributed by atoms with Crippen LogP contribution in [0.3, 0.4) is 0 Å². The SMILES string of the molecule is CCc1ccc(NC(=O)CSc2ncc(C(F)(F)F)cc2Cl)cc1. The molecular formula is C16H14ClF3N2OS. The van der Waals surface area contributed by atoms with Crippen molar-refractivity contribution in [2.45, 2.75) is 24.5 Å². The van der Waals surface area contributed by atoms with E-state index in [0.717, 1.165) is 29.8 Å². The molecule has 1 amide bonds. The van der Waals surface area contributed by atoms with Crippen LogP contribution in [-0.4, -0.2) is 16.6 Å². The summed E-state index contributed by atoms with van der Waals surface area (Å²) in [7, 11) is 0. The van der Waals surface area contributed by atoms with Gasteiger partial charge in [0.1, 0.15) is 5.03 Å². The molecule has 1 aromatic carbocycles. The van der Waals surface area contributed by atoms with Gasteiger partial charge < -0.3 is 5.32 Å². The Balaban J connectivity index is 1.93. The quantitative estimate of drug-likeness (QED) is 0.745. The lowest BCUT2D eigenvalue weighted by atomic mass is 10.1. The number of amides is 1. The fourth-order valence-corrected chi connectivity index (χ4v) is 2.84. The normalized spacial score (nSPS) is 11.4. The van der Waals surface area contributed by atoms with Crippen LogP contribution in [0.5, 0.6) is 0 Å². The first-order chi connectivity index (χ1) is 11.3. The van der Waals surface area contributed by atoms with Crippen molar-refractivity contribution in [2.24, 2.45) is 0 Å². The lowest BCUT2D eigenvalue weighted by Gasteiger charge is -2.09. The Morgan fingerprint density at radius 1 is 1.29 bits per heavy atom. The summed E-state index contributed by atoms with van der Waals surface area (Å²) in [4.78, 5) is 15.6. The zero-order chi connectivity index (χ0) is 17.7. The Labute approximate surface area is 146 Å². The van der Waals surface area contributed by atoms with E-state index in [1.165, 1.54) is 0 Å². The Morgan fingerprint density at radius 2 is 1.96 bits per heavy atom. The number of anilines is 1. The van der Waals surface area contributed by atoms with Gasteiger partial charge in [-0.05, 0) is 30.2 Å². The topological polar surface area (TPSA) is 42.0 Å². The molecule has 0 aliphatic heterocycles. The third kappa shape index (κ3) is 5.14. The Hall–Kier alpha value is -1.73. The van der Waals surface area contributed by atoms with Gasteiger partial charge >= 0.3 is 6.18 Å². The minimum absolute atomic E-state index is 0.00634. The largest absolute Gasteiger partial charge is 0.417 e. The average molecular weight is 375 g/mol. The van der Waals surface area contributed by atoms with Crippen LogP contribution in [0.2, 0.25) is 5.02 Å². The van der Waals surface area contributed by atoms with Gasteiger partial charge in [0.15, 0.2) is 0 Å². The van der Waals surface area contributed by atoms with Gasteiger partial charge in [-0.3, -0.25) is 4.79 Å². The Morgan fingerprint density at radius 3 is 2.50 bits per heavy atom. The van der Waals surface area contributed by atoms with E-state index < -0.39 is 11.7 Å². The fourth-order valence-electron chi connectivity index (χ4n) is 1.84. The van der Waals surface area contributed by atoms with Crippen molar-refractivity contribution in [3.05, 3.63) is 52.7 Å². The van der Waals surface area contributed by atoms with Crippen LogP contribution in [0.25, 0.3) is 0 Å². The van der Waals surface area contributed by atoms with Gasteiger partial charge in [-0.25, -0.2) is 4.98 Å². The van der Waals surface area contributed by atoms with Crippen LogP contribution in [0.4, 0.5) is 18.9 Å². The number of nitrogens with zero attached hydrogens (tertiary/aromatic N) is 1. The fraction of sp³-hybridized carbons (Fsp3) is 0.250. The van der Waals surface area contributed by atoms with E-state index in [0.29, 0.717) is 11.9 Å². The summed E-state index contributed by atoms with van der Waals surface area (Å²) in [6.45, 7) is 2.03. The molecule has 1 heterocycles. The van der Waals surface area contributed by atoms with E-state index in [1.807, 2.05) is 19.1 Å². The number of hydrogen-bond donors (Lipinski definition) is 1. The second-order valence-corrected chi connectivity index (χ2v) is 6.27. The van der Waals surface area contributed by atoms with Gasteiger partial charge in [-0.15, -0.1) is 0 Å². The van der Waals surface area contributed by atoms with Crippen LogP contribution in [-0.2, 0) is 17.4 Å². The predicted octanol–water partition coefficient (Wildman–Crippen LogP) is 5.05. The number of thioether (sulfide) groups is 1. The summed E-state index contributed by atoms with van der Waals surface area (Å²) in [6, 6.07) is 8.22. The highest BCUT2D eigenvalue weighted by Crippen LogP contribution is 2.33. The van der Waals surface area contributed by atoms with Gasteiger partial charge in [-0.1, -0.05) is 42.4 Å². The molecule has 0 spiro atoms. The van der Waals surface area contributed by atoms with E-state index in [9.17, 15) is 18.0 Å². The van der Waals surface area contributed by atoms with Gasteiger partial charge in [0.05, 0.1) is 16.3 Å². The molecule has 1 aromatic heterocycles. The molecule has 0 aliphatic rings. The number of rotatable bonds is 5. The number of carbonyl (C=O) groups is 1. The number of nitrogens with one attached hydrogen (secondary N) is 1. The van der Waals surface area contributed by atoms with Gasteiger partial charge in [0.25, 0.3) is 0 Å². The standard InChI is InChI=1S/C16H14ClF3N2OS/c1-2-10-3-5-12(6-4-10)22-14(23)9-24-15-13(17)7-11(8-21-15)16(18,19)20/h3-8H,2,9H2,1H3,(H,22,23). The number of aromatic nitrogens is 1. The highest BCUT2D eigenvalue weighted by atomic mass is 35.5. The molecule has 0 bridgehead atoms. The monoisotopic (exact) mass is 374 g/mol. The summed E-state index contributed by atoms with van der Waals surface area (Å²) < 4.78 is 37.6. The summed E-state index contributed by atoms with van der Waals surface area (Å²) >= 11 is 6.78. The van der Waals surface area contributed by atoms with E-state index in [-0.39, 0.29) is 21.7 Å². The zero-order valence-corrected chi connectivity index (χ0v) is 14.2. The molecule has 0 saturated carbocycles. The van der Waals surface area contributed by atoms with Crippen LogP contribution in [0.1, 0.15) is 18.1 Å². The van der Waals surface area contributed by atoms with Crippen LogP contribution in [0, 0.1) is 0 Å². The molecule has 0 saturated heterocycles. The lowest BCUT2D eigenvalue weighted by molar-refractivity contribution is -0.137. The molecule has 0 atom stereocenters. The number of alkyl halides is 3. The number of carbonyl (C=O) groups excluding carboxylic acids is 1. The molecule has 0 radical (unpaired) electrons. The first-order valence-corrected chi connectivity index (χ1v) is 8.40. The van der Waals surface area contributed by atoms with E-state index in [2.05, 4.69) is 10.3 Å². The van der Waals surface area contributed by atoms with Crippen molar-refractivity contribution in [3.63, 3.8) is 0 Å². The third-order valence-electron chi connectivity index (χ3n) is 3.12. The Bertz CT molecular complexity index is 720. The van der Waals surface area contributed by atoms with E-state index in [1.54, 1.807) is 12.1 Å². The van der Waals surface area contributed by atoms with Crippen molar-refractivity contribution >= 4 is 35.0 Å². The number of benzene rings is 1. The number of aryl methyl sites for hydroxylation is 1. The molecule has 2 rings (SSSR count). The minimum Gasteiger partial charge on any atom is -0.325 e. The molecule has 2 aromatic rings. The van der Waals surface area contributed by atoms with Gasteiger partial charge in [-0.2, -0.15) is 13.2 Å². The highest BCUT2D eigenvalue weighted by molar-refractivity contribution is 8.00. The summed E-state index contributed by atoms with van der Waals surface area (Å²) in [5.74, 6) is -0.296. The maximum Gasteiger partial charge on any atom is 0.417 e. The first-order valence-electron chi connectivity index (χ1n) is 7.04. The van der Waals surface area contributed by atoms with Gasteiger partial charge in [0, 0.05) is 11.9 Å². The maximum absolute atomic E-state index is 12.5. The van der Waals surface area contributed by atoms with Gasteiger partial charge in [0.2, 0.25) is 5.91 Å². The maximum atomic E-state index is 12.5. The van der Waals surface area contributed by atoms with Crippen molar-refractivity contribution < 1.29 is 18.0 Å². The third-order valence-corrected chi connectivity index (χ3v) is 4.53. The second-order valence-electron chi connectivity index (χ2n) is 4.90. The van der Waals surface area contributed by atoms with Crippen LogP contribution in [0.15, 0.2) is 41.6 Å². The summed E-state index contributed by atoms with van der Waals surface area (Å²) in [5, 5.41) is 2.76. The van der Waals surface area contributed by atoms with Crippen LogP contribution < -0.4 is 5.32 Å². The molecule has 0 aliphatic carbocycles. The Kier molecular flexibility index (Phi) is 6.12. The molecule has 3 nitrogen and oxygen atoms in total. The minimum atomic E-state index is -4.50. The first kappa shape index (κ1) is 18.6. The zero-order valence-electron chi connectivity index (χ0n) is 12.7. The number of hydrogen-bond acceptors (Lipinski definition) is 3. The molecular weight excluding hydrogens is 361 g/mol. The van der Waals surface area contributed by atoms with Crippen molar-refractivity contribution in [1.29, 1.82) is 0 Å². The summed E-state index contributed by atoms with van der Waals surface area (Å²) in [5.41, 5.74) is 0.893. The van der Waals surface area contributed by atoms with Crippen molar-refractivity contribution in [3.8, 4) is 0 Å². The van der Waals surface area contributed by atoms with E-state index >= 15 is 0 Å². The molecule has 0 fully saturated rings. The lowest BCUT2D eigenvalue weighted by Crippen LogP contribution is -2.14. The molecule has 1 N–H and O–H groups in total. The number of halogens is 4. The van der Waals surface area contributed by atoms with Crippen LogP contribution >= 0.6 is 23.4 Å². The molecule has 8 heteroatoms. The molecule has 24 heavy (non-hydrogen) atoms. The summed E-state index contributed by atoms with van der Waals surface area (Å²) in [6.07, 6.45) is -2.89. The predicted molar refractivity (Wildman–Crippen MR) is 89.4 cm³/mol. The van der Waals surface area contributed by atoms with Crippen molar-refractivity contribution in [2.75, 3.05) is 11.1 Å². The van der Waals surface area contributed by atoms with E-state index in [4.69, 9.17) is 11.6 Å².